The molecule has 1 heterocycles. The number of allylic oxidation sites excluding steroid dienone is 1. The lowest BCUT2D eigenvalue weighted by molar-refractivity contribution is 0.738. The first kappa shape index (κ1) is 13.5. The molecule has 104 valence electrons. The number of unbranched alkanes of at least 4 members (excludes halogenated alkanes) is 1. The van der Waals surface area contributed by atoms with Gasteiger partial charge in [-0.2, -0.15) is 4.91 Å². The molecule has 1 aromatic carbocycles. The second kappa shape index (κ2) is 5.88. The molecule has 0 saturated heterocycles. The molecular formula is C17H19NOS. The van der Waals surface area contributed by atoms with Crippen LogP contribution in [0.4, 0.5) is 0 Å². The Morgan fingerprint density at radius 3 is 2.95 bits per heavy atom. The summed E-state index contributed by atoms with van der Waals surface area (Å²) in [6.45, 7) is 2.21. The first-order valence-corrected chi connectivity index (χ1v) is 8.18. The molecule has 2 aromatic rings. The number of nitroso groups, excluding NO2 is 1. The van der Waals surface area contributed by atoms with Crippen molar-refractivity contribution in [3.8, 4) is 0 Å². The van der Waals surface area contributed by atoms with Crippen LogP contribution in [-0.4, -0.2) is 6.04 Å². The Morgan fingerprint density at radius 1 is 1.35 bits per heavy atom. The Balaban J connectivity index is 2.04. The average Bonchev–Trinajstić information content (AvgIpc) is 3.07. The van der Waals surface area contributed by atoms with E-state index >= 15 is 0 Å². The van der Waals surface area contributed by atoms with Crippen LogP contribution in [0.1, 0.15) is 43.9 Å². The van der Waals surface area contributed by atoms with Crippen molar-refractivity contribution in [2.75, 3.05) is 0 Å². The third-order valence-electron chi connectivity index (χ3n) is 4.08. The third-order valence-corrected chi connectivity index (χ3v) is 5.23. The first-order chi connectivity index (χ1) is 9.83. The Kier molecular flexibility index (Phi) is 3.97. The Bertz CT molecular complexity index is 623. The van der Waals surface area contributed by atoms with Gasteiger partial charge in [0.2, 0.25) is 0 Å². The van der Waals surface area contributed by atoms with Crippen molar-refractivity contribution in [1.29, 1.82) is 0 Å². The molecule has 0 amide bonds. The lowest BCUT2D eigenvalue weighted by atomic mass is 10.0. The van der Waals surface area contributed by atoms with E-state index in [0.29, 0.717) is 0 Å². The van der Waals surface area contributed by atoms with Gasteiger partial charge in [-0.25, -0.2) is 0 Å². The van der Waals surface area contributed by atoms with Crippen molar-refractivity contribution >= 4 is 27.0 Å². The van der Waals surface area contributed by atoms with Crippen LogP contribution in [0, 0.1) is 4.91 Å². The molecule has 1 aromatic heterocycles. The molecule has 0 fully saturated rings. The summed E-state index contributed by atoms with van der Waals surface area (Å²) < 4.78 is 1.29. The van der Waals surface area contributed by atoms with Crippen LogP contribution in [0.25, 0.3) is 15.7 Å². The molecule has 0 saturated carbocycles. The fourth-order valence-corrected chi connectivity index (χ4v) is 4.24. The van der Waals surface area contributed by atoms with Gasteiger partial charge in [-0.1, -0.05) is 42.3 Å². The monoisotopic (exact) mass is 285 g/mol. The van der Waals surface area contributed by atoms with E-state index in [2.05, 4.69) is 42.4 Å². The highest BCUT2D eigenvalue weighted by atomic mass is 32.1. The molecule has 0 N–H and O–H groups in total. The second-order valence-electron chi connectivity index (χ2n) is 5.43. The topological polar surface area (TPSA) is 29.4 Å². The first-order valence-electron chi connectivity index (χ1n) is 7.36. The molecule has 1 aliphatic rings. The zero-order chi connectivity index (χ0) is 13.9. The summed E-state index contributed by atoms with van der Waals surface area (Å²) in [6, 6.07) is 10.5. The van der Waals surface area contributed by atoms with Gasteiger partial charge in [0.05, 0.1) is 0 Å². The molecule has 0 spiro atoms. The van der Waals surface area contributed by atoms with Crippen LogP contribution in [-0.2, 0) is 0 Å². The van der Waals surface area contributed by atoms with Crippen LogP contribution in [0.2, 0.25) is 0 Å². The van der Waals surface area contributed by atoms with Crippen LogP contribution < -0.4 is 0 Å². The molecule has 1 aliphatic carbocycles. The van der Waals surface area contributed by atoms with Gasteiger partial charge in [0.25, 0.3) is 0 Å². The van der Waals surface area contributed by atoms with Crippen molar-refractivity contribution in [2.45, 2.75) is 45.1 Å². The number of benzene rings is 1. The highest BCUT2D eigenvalue weighted by Gasteiger charge is 2.28. The van der Waals surface area contributed by atoms with Crippen LogP contribution >= 0.6 is 11.3 Å². The SMILES string of the molecule is CCCCC1=C(c2cc3ccccc3s2)C(N=O)CC1. The largest absolute Gasteiger partial charge is 0.150 e. The highest BCUT2D eigenvalue weighted by Crippen LogP contribution is 2.42. The van der Waals surface area contributed by atoms with E-state index in [-0.39, 0.29) is 6.04 Å². The van der Waals surface area contributed by atoms with Gasteiger partial charge in [0.1, 0.15) is 6.04 Å². The highest BCUT2D eigenvalue weighted by molar-refractivity contribution is 7.20. The number of nitrogens with zero attached hydrogens (tertiary/aromatic N) is 1. The van der Waals surface area contributed by atoms with E-state index in [1.54, 1.807) is 11.3 Å². The summed E-state index contributed by atoms with van der Waals surface area (Å²) in [7, 11) is 0. The van der Waals surface area contributed by atoms with Gasteiger partial charge in [-0.05, 0) is 48.8 Å². The van der Waals surface area contributed by atoms with Crippen LogP contribution in [0.3, 0.4) is 0 Å². The van der Waals surface area contributed by atoms with Gasteiger partial charge in [-0.15, -0.1) is 11.3 Å². The zero-order valence-electron chi connectivity index (χ0n) is 11.8. The number of thiophene rings is 1. The van der Waals surface area contributed by atoms with Gasteiger partial charge in [0, 0.05) is 9.58 Å². The predicted octanol–water partition coefficient (Wildman–Crippen LogP) is 5.77. The molecule has 0 radical (unpaired) electrons. The fraction of sp³-hybridized carbons (Fsp3) is 0.412. The molecule has 3 heteroatoms. The summed E-state index contributed by atoms with van der Waals surface area (Å²) in [5.74, 6) is 0. The minimum absolute atomic E-state index is 0.130. The molecule has 0 aliphatic heterocycles. The fourth-order valence-electron chi connectivity index (χ4n) is 3.03. The van der Waals surface area contributed by atoms with Crippen molar-refractivity contribution in [2.24, 2.45) is 5.18 Å². The predicted molar refractivity (Wildman–Crippen MR) is 87.1 cm³/mol. The Morgan fingerprint density at radius 2 is 2.20 bits per heavy atom. The minimum atomic E-state index is -0.130. The summed E-state index contributed by atoms with van der Waals surface area (Å²) >= 11 is 1.79. The van der Waals surface area contributed by atoms with Crippen molar-refractivity contribution < 1.29 is 0 Å². The van der Waals surface area contributed by atoms with Crippen LogP contribution in [0.5, 0.6) is 0 Å². The maximum Gasteiger partial charge on any atom is 0.118 e. The molecular weight excluding hydrogens is 266 g/mol. The smallest absolute Gasteiger partial charge is 0.118 e. The maximum absolute atomic E-state index is 11.1. The van der Waals surface area contributed by atoms with Gasteiger partial charge in [0.15, 0.2) is 0 Å². The molecule has 2 nitrogen and oxygen atoms in total. The molecule has 1 atom stereocenters. The zero-order valence-corrected chi connectivity index (χ0v) is 12.6. The number of hydrogen-bond acceptors (Lipinski definition) is 3. The van der Waals surface area contributed by atoms with Crippen LogP contribution in [0.15, 0.2) is 41.1 Å². The van der Waals surface area contributed by atoms with E-state index in [0.717, 1.165) is 19.3 Å². The summed E-state index contributed by atoms with van der Waals surface area (Å²) in [6.07, 6.45) is 5.45. The summed E-state index contributed by atoms with van der Waals surface area (Å²) in [5, 5.41) is 4.64. The summed E-state index contributed by atoms with van der Waals surface area (Å²) in [4.78, 5) is 12.4. The number of rotatable bonds is 5. The van der Waals surface area contributed by atoms with Gasteiger partial charge >= 0.3 is 0 Å². The molecule has 20 heavy (non-hydrogen) atoms. The quantitative estimate of drug-likeness (QED) is 0.641. The van der Waals surface area contributed by atoms with E-state index in [1.807, 2.05) is 0 Å². The normalized spacial score (nSPS) is 18.9. The molecule has 0 bridgehead atoms. The Labute approximate surface area is 123 Å². The third kappa shape index (κ3) is 2.42. The van der Waals surface area contributed by atoms with Gasteiger partial charge < -0.3 is 0 Å². The second-order valence-corrected chi connectivity index (χ2v) is 6.51. The van der Waals surface area contributed by atoms with E-state index in [4.69, 9.17) is 0 Å². The van der Waals surface area contributed by atoms with E-state index in [1.165, 1.54) is 39.0 Å². The lowest BCUT2D eigenvalue weighted by Gasteiger charge is -2.07. The van der Waals surface area contributed by atoms with Gasteiger partial charge in [-0.3, -0.25) is 0 Å². The lowest BCUT2D eigenvalue weighted by Crippen LogP contribution is -1.99. The Hall–Kier alpha value is -1.48. The van der Waals surface area contributed by atoms with E-state index in [9.17, 15) is 4.91 Å². The van der Waals surface area contributed by atoms with E-state index < -0.39 is 0 Å². The minimum Gasteiger partial charge on any atom is -0.150 e. The number of hydrogen-bond donors (Lipinski definition) is 0. The standard InChI is InChI=1S/C17H19NOS/c1-2-3-6-12-9-10-14(18-19)17(12)16-11-13-7-4-5-8-15(13)20-16/h4-5,7-8,11,14H,2-3,6,9-10H2,1H3. The van der Waals surface area contributed by atoms with Crippen molar-refractivity contribution in [3.05, 3.63) is 45.7 Å². The van der Waals surface area contributed by atoms with Crippen molar-refractivity contribution in [3.63, 3.8) is 0 Å². The van der Waals surface area contributed by atoms with Crippen molar-refractivity contribution in [1.82, 2.24) is 0 Å². The molecule has 3 rings (SSSR count). The summed E-state index contributed by atoms with van der Waals surface area (Å²) in [5.41, 5.74) is 2.69. The average molecular weight is 285 g/mol. The maximum atomic E-state index is 11.1. The molecule has 1 unspecified atom stereocenters. The number of fused-ring (bicyclic) bond motifs is 1.